The summed E-state index contributed by atoms with van der Waals surface area (Å²) in [6.07, 6.45) is 4.28. The van der Waals surface area contributed by atoms with Gasteiger partial charge in [-0.1, -0.05) is 39.7 Å². The molecule has 0 radical (unpaired) electrons. The average molecular weight is 251 g/mol. The van der Waals surface area contributed by atoms with E-state index in [1.54, 1.807) is 0 Å². The van der Waals surface area contributed by atoms with Crippen LogP contribution in [0.25, 0.3) is 0 Å². The molecule has 3 atom stereocenters. The van der Waals surface area contributed by atoms with Crippen molar-refractivity contribution < 1.29 is 0 Å². The molecule has 2 rings (SSSR count). The zero-order chi connectivity index (χ0) is 12.3. The molecule has 1 aromatic heterocycles. The highest BCUT2D eigenvalue weighted by molar-refractivity contribution is 7.10. The van der Waals surface area contributed by atoms with Crippen LogP contribution in [0, 0.1) is 17.8 Å². The van der Waals surface area contributed by atoms with Gasteiger partial charge in [0.15, 0.2) is 0 Å². The van der Waals surface area contributed by atoms with Gasteiger partial charge in [0, 0.05) is 10.9 Å². The van der Waals surface area contributed by atoms with Crippen molar-refractivity contribution in [2.45, 2.75) is 46.1 Å². The van der Waals surface area contributed by atoms with Gasteiger partial charge in [-0.3, -0.25) is 0 Å². The summed E-state index contributed by atoms with van der Waals surface area (Å²) in [6.45, 7) is 8.24. The van der Waals surface area contributed by atoms with Gasteiger partial charge < -0.3 is 5.32 Å². The van der Waals surface area contributed by atoms with Crippen LogP contribution in [0.5, 0.6) is 0 Å². The van der Waals surface area contributed by atoms with Crippen LogP contribution < -0.4 is 5.32 Å². The Morgan fingerprint density at radius 1 is 1.41 bits per heavy atom. The Morgan fingerprint density at radius 2 is 2.24 bits per heavy atom. The molecule has 0 aromatic carbocycles. The van der Waals surface area contributed by atoms with Gasteiger partial charge in [-0.2, -0.15) is 0 Å². The highest BCUT2D eigenvalue weighted by Crippen LogP contribution is 2.32. The van der Waals surface area contributed by atoms with Gasteiger partial charge in [0.2, 0.25) is 0 Å². The Balaban J connectivity index is 1.90. The SMILES string of the molecule is CC(C)C(NCC1CCCC1C)c1cccs1. The maximum absolute atomic E-state index is 3.80. The monoisotopic (exact) mass is 251 g/mol. The van der Waals surface area contributed by atoms with E-state index >= 15 is 0 Å². The van der Waals surface area contributed by atoms with E-state index in [4.69, 9.17) is 0 Å². The molecule has 1 nitrogen and oxygen atoms in total. The number of nitrogens with one attached hydrogen (secondary N) is 1. The first-order valence-corrected chi connectivity index (χ1v) is 7.83. The standard InChI is InChI=1S/C15H25NS/c1-11(2)15(14-8-5-9-17-14)16-10-13-7-4-6-12(13)3/h5,8-9,11-13,15-16H,4,6-7,10H2,1-3H3. The smallest absolute Gasteiger partial charge is 0.0438 e. The second-order valence-electron chi connectivity index (χ2n) is 5.81. The van der Waals surface area contributed by atoms with E-state index in [2.05, 4.69) is 43.6 Å². The molecule has 1 saturated carbocycles. The van der Waals surface area contributed by atoms with Crippen LogP contribution >= 0.6 is 11.3 Å². The zero-order valence-corrected chi connectivity index (χ0v) is 12.1. The average Bonchev–Trinajstić information content (AvgIpc) is 2.91. The Hall–Kier alpha value is -0.340. The van der Waals surface area contributed by atoms with Crippen molar-refractivity contribution in [3.05, 3.63) is 22.4 Å². The normalized spacial score (nSPS) is 26.6. The Kier molecular flexibility index (Phi) is 4.63. The predicted octanol–water partition coefficient (Wildman–Crippen LogP) is 4.47. The lowest BCUT2D eigenvalue weighted by molar-refractivity contribution is 0.336. The topological polar surface area (TPSA) is 12.0 Å². The molecule has 0 saturated heterocycles. The molecule has 2 heteroatoms. The summed E-state index contributed by atoms with van der Waals surface area (Å²) in [5.41, 5.74) is 0. The molecule has 17 heavy (non-hydrogen) atoms. The number of hydrogen-bond donors (Lipinski definition) is 1. The first-order valence-electron chi connectivity index (χ1n) is 6.95. The number of hydrogen-bond acceptors (Lipinski definition) is 2. The Bertz CT molecular complexity index is 318. The summed E-state index contributed by atoms with van der Waals surface area (Å²) >= 11 is 1.88. The van der Waals surface area contributed by atoms with Crippen molar-refractivity contribution in [3.63, 3.8) is 0 Å². The molecular weight excluding hydrogens is 226 g/mol. The fraction of sp³-hybridized carbons (Fsp3) is 0.733. The van der Waals surface area contributed by atoms with E-state index in [9.17, 15) is 0 Å². The highest BCUT2D eigenvalue weighted by Gasteiger charge is 2.25. The molecule has 1 heterocycles. The van der Waals surface area contributed by atoms with Crippen LogP contribution in [0.2, 0.25) is 0 Å². The van der Waals surface area contributed by atoms with Crippen LogP contribution in [0.1, 0.15) is 51.0 Å². The highest BCUT2D eigenvalue weighted by atomic mass is 32.1. The lowest BCUT2D eigenvalue weighted by Crippen LogP contribution is -2.30. The first kappa shape index (κ1) is 13.1. The molecule has 1 fully saturated rings. The molecule has 0 aliphatic heterocycles. The lowest BCUT2D eigenvalue weighted by Gasteiger charge is -2.25. The minimum atomic E-state index is 0.544. The zero-order valence-electron chi connectivity index (χ0n) is 11.3. The molecule has 0 spiro atoms. The maximum Gasteiger partial charge on any atom is 0.0438 e. The van der Waals surface area contributed by atoms with Gasteiger partial charge in [0.1, 0.15) is 0 Å². The predicted molar refractivity (Wildman–Crippen MR) is 76.4 cm³/mol. The van der Waals surface area contributed by atoms with Crippen molar-refractivity contribution >= 4 is 11.3 Å². The third-order valence-corrected chi connectivity index (χ3v) is 5.11. The minimum Gasteiger partial charge on any atom is -0.309 e. The van der Waals surface area contributed by atoms with E-state index in [0.717, 1.165) is 11.8 Å². The van der Waals surface area contributed by atoms with Crippen molar-refractivity contribution in [2.75, 3.05) is 6.54 Å². The van der Waals surface area contributed by atoms with Crippen LogP contribution in [0.4, 0.5) is 0 Å². The fourth-order valence-electron chi connectivity index (χ4n) is 2.94. The van der Waals surface area contributed by atoms with E-state index in [0.29, 0.717) is 12.0 Å². The van der Waals surface area contributed by atoms with Crippen molar-refractivity contribution in [1.29, 1.82) is 0 Å². The van der Waals surface area contributed by atoms with Gasteiger partial charge in [0.05, 0.1) is 0 Å². The van der Waals surface area contributed by atoms with Crippen LogP contribution in [-0.4, -0.2) is 6.54 Å². The number of thiophene rings is 1. The van der Waals surface area contributed by atoms with Crippen LogP contribution in [0.15, 0.2) is 17.5 Å². The Labute approximate surface area is 110 Å². The molecule has 0 amide bonds. The molecule has 0 bridgehead atoms. The summed E-state index contributed by atoms with van der Waals surface area (Å²) in [5, 5.41) is 5.99. The van der Waals surface area contributed by atoms with Gasteiger partial charge in [-0.05, 0) is 42.2 Å². The van der Waals surface area contributed by atoms with Crippen molar-refractivity contribution in [3.8, 4) is 0 Å². The Morgan fingerprint density at radius 3 is 2.76 bits per heavy atom. The molecule has 1 N–H and O–H groups in total. The quantitative estimate of drug-likeness (QED) is 0.814. The molecule has 1 aromatic rings. The van der Waals surface area contributed by atoms with Crippen LogP contribution in [0.3, 0.4) is 0 Å². The lowest BCUT2D eigenvalue weighted by atomic mass is 9.96. The second kappa shape index (κ2) is 6.01. The molecule has 1 aliphatic carbocycles. The van der Waals surface area contributed by atoms with E-state index < -0.39 is 0 Å². The van der Waals surface area contributed by atoms with Crippen molar-refractivity contribution in [1.82, 2.24) is 5.32 Å². The van der Waals surface area contributed by atoms with Gasteiger partial charge in [-0.15, -0.1) is 11.3 Å². The minimum absolute atomic E-state index is 0.544. The summed E-state index contributed by atoms with van der Waals surface area (Å²) in [6, 6.07) is 4.97. The summed E-state index contributed by atoms with van der Waals surface area (Å²) in [7, 11) is 0. The molecule has 1 aliphatic rings. The summed E-state index contributed by atoms with van der Waals surface area (Å²) in [5.74, 6) is 2.49. The maximum atomic E-state index is 3.80. The summed E-state index contributed by atoms with van der Waals surface area (Å²) in [4.78, 5) is 1.49. The molecule has 3 unspecified atom stereocenters. The number of rotatable bonds is 5. The van der Waals surface area contributed by atoms with E-state index in [1.807, 2.05) is 11.3 Å². The van der Waals surface area contributed by atoms with E-state index in [-0.39, 0.29) is 0 Å². The fourth-order valence-corrected chi connectivity index (χ4v) is 3.91. The largest absolute Gasteiger partial charge is 0.309 e. The summed E-state index contributed by atoms with van der Waals surface area (Å²) < 4.78 is 0. The third-order valence-electron chi connectivity index (χ3n) is 4.16. The third kappa shape index (κ3) is 3.32. The second-order valence-corrected chi connectivity index (χ2v) is 6.79. The van der Waals surface area contributed by atoms with Gasteiger partial charge in [-0.25, -0.2) is 0 Å². The van der Waals surface area contributed by atoms with Crippen molar-refractivity contribution in [2.24, 2.45) is 17.8 Å². The van der Waals surface area contributed by atoms with Gasteiger partial charge >= 0.3 is 0 Å². The van der Waals surface area contributed by atoms with Crippen LogP contribution in [-0.2, 0) is 0 Å². The molecule has 96 valence electrons. The van der Waals surface area contributed by atoms with Gasteiger partial charge in [0.25, 0.3) is 0 Å². The molecular formula is C15H25NS. The van der Waals surface area contributed by atoms with E-state index in [1.165, 1.54) is 30.7 Å². The first-order chi connectivity index (χ1) is 8.18.